The van der Waals surface area contributed by atoms with Gasteiger partial charge in [0.2, 0.25) is 0 Å². The van der Waals surface area contributed by atoms with Crippen molar-refractivity contribution in [3.05, 3.63) is 59.4 Å². The van der Waals surface area contributed by atoms with E-state index in [1.54, 1.807) is 0 Å². The first-order chi connectivity index (χ1) is 10.2. The minimum absolute atomic E-state index is 0.588. The Morgan fingerprint density at radius 2 is 1.81 bits per heavy atom. The quantitative estimate of drug-likeness (QED) is 0.749. The molecule has 0 bridgehead atoms. The maximum Gasteiger partial charge on any atom is 0.200 e. The number of hydrogen-bond acceptors (Lipinski definition) is 3. The fraction of sp³-hybridized carbons (Fsp3) is 0.125. The lowest BCUT2D eigenvalue weighted by Crippen LogP contribution is -2.09. The molecule has 0 radical (unpaired) electrons. The summed E-state index contributed by atoms with van der Waals surface area (Å²) in [5, 5.41) is 7.25. The molecular formula is C16H16N4S. The van der Waals surface area contributed by atoms with Crippen LogP contribution in [0.5, 0.6) is 0 Å². The average molecular weight is 296 g/mol. The van der Waals surface area contributed by atoms with Crippen molar-refractivity contribution in [2.45, 2.75) is 0 Å². The highest BCUT2D eigenvalue weighted by Gasteiger charge is 2.11. The number of rotatable bonds is 3. The van der Waals surface area contributed by atoms with E-state index in [1.807, 2.05) is 61.1 Å². The van der Waals surface area contributed by atoms with Crippen LogP contribution in [0.1, 0.15) is 0 Å². The minimum atomic E-state index is 0.588. The van der Waals surface area contributed by atoms with Crippen LogP contribution in [0.4, 0.5) is 5.69 Å². The first-order valence-corrected chi connectivity index (χ1v) is 7.08. The Hall–Kier alpha value is -2.40. The maximum atomic E-state index is 5.40. The van der Waals surface area contributed by atoms with Gasteiger partial charge >= 0.3 is 0 Å². The molecule has 0 spiro atoms. The van der Waals surface area contributed by atoms with E-state index in [0.717, 1.165) is 22.8 Å². The molecule has 3 aromatic rings. The average Bonchev–Trinajstić information content (AvgIpc) is 2.90. The minimum Gasteiger partial charge on any atom is -0.378 e. The van der Waals surface area contributed by atoms with E-state index in [0.29, 0.717) is 4.77 Å². The van der Waals surface area contributed by atoms with Crippen molar-refractivity contribution in [3.63, 3.8) is 0 Å². The second kappa shape index (κ2) is 5.54. The maximum absolute atomic E-state index is 5.40. The molecule has 0 fully saturated rings. The largest absolute Gasteiger partial charge is 0.378 e. The molecule has 0 aliphatic rings. The van der Waals surface area contributed by atoms with Gasteiger partial charge in [0.05, 0.1) is 5.69 Å². The Morgan fingerprint density at radius 1 is 1.05 bits per heavy atom. The van der Waals surface area contributed by atoms with Crippen molar-refractivity contribution >= 4 is 17.9 Å². The number of anilines is 1. The lowest BCUT2D eigenvalue weighted by atomic mass is 10.2. The van der Waals surface area contributed by atoms with Gasteiger partial charge < -0.3 is 4.90 Å². The Balaban J connectivity index is 2.18. The molecule has 0 saturated heterocycles. The molecule has 0 amide bonds. The monoisotopic (exact) mass is 296 g/mol. The van der Waals surface area contributed by atoms with Crippen LogP contribution < -0.4 is 4.90 Å². The van der Waals surface area contributed by atoms with E-state index in [4.69, 9.17) is 12.2 Å². The normalized spacial score (nSPS) is 10.6. The molecule has 1 heterocycles. The van der Waals surface area contributed by atoms with Gasteiger partial charge in [0.25, 0.3) is 0 Å². The third kappa shape index (κ3) is 2.60. The molecule has 1 aromatic heterocycles. The van der Waals surface area contributed by atoms with Crippen LogP contribution >= 0.6 is 12.2 Å². The fourth-order valence-electron chi connectivity index (χ4n) is 2.23. The fourth-order valence-corrected chi connectivity index (χ4v) is 2.47. The zero-order valence-electron chi connectivity index (χ0n) is 11.9. The van der Waals surface area contributed by atoms with Crippen LogP contribution in [-0.2, 0) is 0 Å². The summed E-state index contributed by atoms with van der Waals surface area (Å²) in [5.41, 5.74) is 3.15. The Bertz CT molecular complexity index is 802. The van der Waals surface area contributed by atoms with E-state index >= 15 is 0 Å². The van der Waals surface area contributed by atoms with Crippen molar-refractivity contribution in [1.29, 1.82) is 0 Å². The topological polar surface area (TPSA) is 36.9 Å². The predicted octanol–water partition coefficient (Wildman–Crippen LogP) is 3.66. The third-order valence-corrected chi connectivity index (χ3v) is 3.58. The van der Waals surface area contributed by atoms with Crippen molar-refractivity contribution in [2.24, 2.45) is 0 Å². The molecule has 0 aliphatic heterocycles. The van der Waals surface area contributed by atoms with Gasteiger partial charge in [-0.05, 0) is 30.4 Å². The second-order valence-electron chi connectivity index (χ2n) is 4.97. The summed E-state index contributed by atoms with van der Waals surface area (Å²) in [4.78, 5) is 2.06. The lowest BCUT2D eigenvalue weighted by molar-refractivity contribution is 1.03. The van der Waals surface area contributed by atoms with Gasteiger partial charge in [0, 0.05) is 25.3 Å². The number of nitrogens with zero attached hydrogens (tertiary/aromatic N) is 3. The van der Waals surface area contributed by atoms with Crippen LogP contribution in [0.2, 0.25) is 0 Å². The molecule has 0 atom stereocenters. The van der Waals surface area contributed by atoms with Gasteiger partial charge in [0.1, 0.15) is 0 Å². The zero-order valence-corrected chi connectivity index (χ0v) is 12.8. The Labute approximate surface area is 128 Å². The van der Waals surface area contributed by atoms with Crippen molar-refractivity contribution in [2.75, 3.05) is 19.0 Å². The van der Waals surface area contributed by atoms with E-state index in [1.165, 1.54) is 0 Å². The van der Waals surface area contributed by atoms with Gasteiger partial charge in [-0.2, -0.15) is 5.10 Å². The summed E-state index contributed by atoms with van der Waals surface area (Å²) >= 11 is 5.40. The van der Waals surface area contributed by atoms with Crippen LogP contribution in [0.25, 0.3) is 17.1 Å². The first kappa shape index (κ1) is 13.6. The smallest absolute Gasteiger partial charge is 0.200 e. The van der Waals surface area contributed by atoms with Gasteiger partial charge in [-0.15, -0.1) is 0 Å². The first-order valence-electron chi connectivity index (χ1n) is 6.67. The highest BCUT2D eigenvalue weighted by atomic mass is 32.1. The van der Waals surface area contributed by atoms with Crippen molar-refractivity contribution < 1.29 is 0 Å². The number of hydrogen-bond donors (Lipinski definition) is 1. The number of benzene rings is 2. The van der Waals surface area contributed by atoms with Crippen molar-refractivity contribution in [1.82, 2.24) is 14.8 Å². The molecular weight excluding hydrogens is 280 g/mol. The van der Waals surface area contributed by atoms with E-state index in [-0.39, 0.29) is 0 Å². The summed E-state index contributed by atoms with van der Waals surface area (Å²) in [7, 11) is 4.04. The van der Waals surface area contributed by atoms with Crippen LogP contribution in [0.3, 0.4) is 0 Å². The second-order valence-corrected chi connectivity index (χ2v) is 5.35. The summed E-state index contributed by atoms with van der Waals surface area (Å²) in [6, 6.07) is 18.2. The van der Waals surface area contributed by atoms with E-state index in [2.05, 4.69) is 27.2 Å². The molecule has 0 unspecified atom stereocenters. The van der Waals surface area contributed by atoms with Gasteiger partial charge in [-0.25, -0.2) is 0 Å². The SMILES string of the molecule is CN(C)c1cccc(-n2c(-c3ccccc3)n[nH]c2=S)c1. The molecule has 5 heteroatoms. The van der Waals surface area contributed by atoms with E-state index < -0.39 is 0 Å². The van der Waals surface area contributed by atoms with Crippen molar-refractivity contribution in [3.8, 4) is 17.1 Å². The highest BCUT2D eigenvalue weighted by molar-refractivity contribution is 7.71. The number of nitrogens with one attached hydrogen (secondary N) is 1. The summed E-state index contributed by atoms with van der Waals surface area (Å²) in [6.45, 7) is 0. The molecule has 1 N–H and O–H groups in total. The Morgan fingerprint density at radius 3 is 2.52 bits per heavy atom. The standard InChI is InChI=1S/C16H16N4S/c1-19(2)13-9-6-10-14(11-13)20-15(17-18-16(20)21)12-7-4-3-5-8-12/h3-11H,1-2H3,(H,18,21). The van der Waals surface area contributed by atoms with Gasteiger partial charge in [-0.1, -0.05) is 36.4 Å². The predicted molar refractivity (Wildman–Crippen MR) is 88.5 cm³/mol. The summed E-state index contributed by atoms with van der Waals surface area (Å²) in [5.74, 6) is 0.816. The highest BCUT2D eigenvalue weighted by Crippen LogP contribution is 2.23. The molecule has 4 nitrogen and oxygen atoms in total. The summed E-state index contributed by atoms with van der Waals surface area (Å²) in [6.07, 6.45) is 0. The lowest BCUT2D eigenvalue weighted by Gasteiger charge is -2.14. The molecule has 21 heavy (non-hydrogen) atoms. The molecule has 2 aromatic carbocycles. The number of H-pyrrole nitrogens is 1. The van der Waals surface area contributed by atoms with Gasteiger partial charge in [0.15, 0.2) is 10.6 Å². The molecule has 0 aliphatic carbocycles. The Kier molecular flexibility index (Phi) is 3.58. The summed E-state index contributed by atoms with van der Waals surface area (Å²) < 4.78 is 2.54. The number of aromatic nitrogens is 3. The van der Waals surface area contributed by atoms with Crippen LogP contribution in [0, 0.1) is 4.77 Å². The third-order valence-electron chi connectivity index (χ3n) is 3.31. The number of aromatic amines is 1. The zero-order chi connectivity index (χ0) is 14.8. The molecule has 3 rings (SSSR count). The molecule has 0 saturated carbocycles. The van der Waals surface area contributed by atoms with Gasteiger partial charge in [-0.3, -0.25) is 9.67 Å². The van der Waals surface area contributed by atoms with E-state index in [9.17, 15) is 0 Å². The molecule has 106 valence electrons. The van der Waals surface area contributed by atoms with Crippen LogP contribution in [0.15, 0.2) is 54.6 Å². The van der Waals surface area contributed by atoms with Crippen LogP contribution in [-0.4, -0.2) is 28.9 Å².